The van der Waals surface area contributed by atoms with Crippen molar-refractivity contribution in [3.63, 3.8) is 0 Å². The first-order valence-electron chi connectivity index (χ1n) is 5.85. The summed E-state index contributed by atoms with van der Waals surface area (Å²) in [5, 5.41) is 23.4. The molecule has 0 aliphatic rings. The van der Waals surface area contributed by atoms with Gasteiger partial charge in [0.05, 0.1) is 5.60 Å². The van der Waals surface area contributed by atoms with Crippen molar-refractivity contribution in [1.82, 2.24) is 10.2 Å². The van der Waals surface area contributed by atoms with Crippen LogP contribution in [0.5, 0.6) is 5.75 Å². The zero-order valence-corrected chi connectivity index (χ0v) is 11.8. The molecule has 1 atom stereocenters. The maximum Gasteiger partial charge on any atom is 0.120 e. The van der Waals surface area contributed by atoms with E-state index >= 15 is 0 Å². The molecule has 0 fully saturated rings. The van der Waals surface area contributed by atoms with E-state index in [4.69, 9.17) is 11.6 Å². The highest BCUT2D eigenvalue weighted by Crippen LogP contribution is 2.21. The third kappa shape index (κ3) is 5.23. The van der Waals surface area contributed by atoms with Crippen LogP contribution < -0.4 is 5.32 Å². The van der Waals surface area contributed by atoms with Gasteiger partial charge in [-0.1, -0.05) is 11.6 Å². The summed E-state index contributed by atoms with van der Waals surface area (Å²) in [7, 11) is 3.83. The predicted octanol–water partition coefficient (Wildman–Crippen LogP) is 1.45. The second-order valence-electron chi connectivity index (χ2n) is 5.11. The van der Waals surface area contributed by atoms with Crippen molar-refractivity contribution in [2.75, 3.05) is 27.2 Å². The average molecular weight is 273 g/mol. The fraction of sp³-hybridized carbons (Fsp3) is 0.538. The zero-order valence-electron chi connectivity index (χ0n) is 11.1. The summed E-state index contributed by atoms with van der Waals surface area (Å²) < 4.78 is 0. The molecule has 0 spiro atoms. The Morgan fingerprint density at radius 3 is 2.67 bits per heavy atom. The van der Waals surface area contributed by atoms with Gasteiger partial charge < -0.3 is 20.4 Å². The Kier molecular flexibility index (Phi) is 5.41. The van der Waals surface area contributed by atoms with E-state index in [0.717, 1.165) is 5.56 Å². The molecule has 0 saturated heterocycles. The molecule has 102 valence electrons. The molecule has 0 amide bonds. The zero-order chi connectivity index (χ0) is 13.8. The molecule has 1 aromatic carbocycles. The number of phenols is 1. The second kappa shape index (κ2) is 6.38. The normalized spacial score (nSPS) is 14.8. The number of benzene rings is 1. The maximum absolute atomic E-state index is 10.1. The number of nitrogens with zero attached hydrogens (tertiary/aromatic N) is 1. The van der Waals surface area contributed by atoms with Crippen LogP contribution in [0.4, 0.5) is 0 Å². The summed E-state index contributed by atoms with van der Waals surface area (Å²) in [6.07, 6.45) is 0. The molecular weight excluding hydrogens is 252 g/mol. The number of nitrogens with one attached hydrogen (secondary N) is 1. The summed E-state index contributed by atoms with van der Waals surface area (Å²) in [6.45, 7) is 3.26. The molecule has 0 aliphatic carbocycles. The first kappa shape index (κ1) is 15.2. The molecule has 0 aliphatic heterocycles. The van der Waals surface area contributed by atoms with Crippen LogP contribution in [0.2, 0.25) is 5.02 Å². The molecule has 0 heterocycles. The van der Waals surface area contributed by atoms with Crippen LogP contribution in [0.25, 0.3) is 0 Å². The van der Waals surface area contributed by atoms with Gasteiger partial charge >= 0.3 is 0 Å². The summed E-state index contributed by atoms with van der Waals surface area (Å²) in [6, 6.07) is 4.92. The molecule has 0 bridgehead atoms. The number of aromatic hydroxyl groups is 1. The Morgan fingerprint density at radius 2 is 2.06 bits per heavy atom. The second-order valence-corrected chi connectivity index (χ2v) is 5.55. The van der Waals surface area contributed by atoms with Crippen LogP contribution in [0.15, 0.2) is 18.2 Å². The quantitative estimate of drug-likeness (QED) is 0.734. The van der Waals surface area contributed by atoms with Gasteiger partial charge in [-0.25, -0.2) is 0 Å². The first-order valence-corrected chi connectivity index (χ1v) is 6.23. The van der Waals surface area contributed by atoms with Crippen molar-refractivity contribution in [2.24, 2.45) is 0 Å². The maximum atomic E-state index is 10.1. The van der Waals surface area contributed by atoms with Gasteiger partial charge in [0.2, 0.25) is 0 Å². The molecule has 4 nitrogen and oxygen atoms in total. The molecule has 0 saturated carbocycles. The molecule has 1 rings (SSSR count). The Labute approximate surface area is 113 Å². The molecule has 5 heteroatoms. The Morgan fingerprint density at radius 1 is 1.39 bits per heavy atom. The van der Waals surface area contributed by atoms with Crippen molar-refractivity contribution >= 4 is 11.6 Å². The van der Waals surface area contributed by atoms with Crippen molar-refractivity contribution in [2.45, 2.75) is 19.1 Å². The van der Waals surface area contributed by atoms with Crippen molar-refractivity contribution in [3.05, 3.63) is 28.8 Å². The summed E-state index contributed by atoms with van der Waals surface area (Å²) in [5.41, 5.74) is -0.0827. The van der Waals surface area contributed by atoms with Gasteiger partial charge in [-0.3, -0.25) is 0 Å². The lowest BCUT2D eigenvalue weighted by Gasteiger charge is -2.27. The third-order valence-electron chi connectivity index (χ3n) is 2.52. The van der Waals surface area contributed by atoms with E-state index < -0.39 is 5.60 Å². The van der Waals surface area contributed by atoms with Gasteiger partial charge in [-0.2, -0.15) is 0 Å². The Balaban J connectivity index is 2.48. The van der Waals surface area contributed by atoms with E-state index in [9.17, 15) is 10.2 Å². The summed E-state index contributed by atoms with van der Waals surface area (Å²) >= 11 is 5.86. The number of hydrogen-bond acceptors (Lipinski definition) is 4. The number of phenolic OH excluding ortho intramolecular Hbond substituents is 1. The predicted molar refractivity (Wildman–Crippen MR) is 74.0 cm³/mol. The fourth-order valence-corrected chi connectivity index (χ4v) is 2.09. The SMILES string of the molecule is CN(C)CC(C)(O)CNCc1cc(Cl)ccc1O. The third-order valence-corrected chi connectivity index (χ3v) is 2.75. The molecular formula is C13H21ClN2O2. The number of aliphatic hydroxyl groups is 1. The number of rotatable bonds is 6. The molecule has 0 radical (unpaired) electrons. The van der Waals surface area contributed by atoms with Gasteiger partial charge in [0.15, 0.2) is 0 Å². The molecule has 0 aromatic heterocycles. The lowest BCUT2D eigenvalue weighted by Crippen LogP contribution is -2.45. The summed E-state index contributed by atoms with van der Waals surface area (Å²) in [5.74, 6) is 0.208. The lowest BCUT2D eigenvalue weighted by molar-refractivity contribution is 0.0335. The minimum atomic E-state index is -0.808. The highest BCUT2D eigenvalue weighted by molar-refractivity contribution is 6.30. The van der Waals surface area contributed by atoms with Gasteiger partial charge in [0.1, 0.15) is 5.75 Å². The Hall–Kier alpha value is -0.810. The van der Waals surface area contributed by atoms with E-state index in [-0.39, 0.29) is 5.75 Å². The number of likely N-dealkylation sites (N-methyl/N-ethyl adjacent to an activating group) is 1. The van der Waals surface area contributed by atoms with E-state index in [1.54, 1.807) is 25.1 Å². The molecule has 1 aromatic rings. The van der Waals surface area contributed by atoms with Crippen molar-refractivity contribution in [1.29, 1.82) is 0 Å². The van der Waals surface area contributed by atoms with Gasteiger partial charge in [-0.15, -0.1) is 0 Å². The first-order chi connectivity index (χ1) is 8.30. The topological polar surface area (TPSA) is 55.7 Å². The Bertz CT molecular complexity index is 395. The van der Waals surface area contributed by atoms with Crippen molar-refractivity contribution in [3.8, 4) is 5.75 Å². The molecule has 1 unspecified atom stereocenters. The number of halogens is 1. The standard InChI is InChI=1S/C13H21ClN2O2/c1-13(18,9-16(2)3)8-15-7-10-6-11(14)4-5-12(10)17/h4-6,15,17-18H,7-9H2,1-3H3. The van der Waals surface area contributed by atoms with Crippen LogP contribution in [-0.4, -0.2) is 47.9 Å². The van der Waals surface area contributed by atoms with Crippen molar-refractivity contribution < 1.29 is 10.2 Å². The van der Waals surface area contributed by atoms with E-state index in [1.165, 1.54) is 0 Å². The van der Waals surface area contributed by atoms with Gasteiger partial charge in [-0.05, 0) is 39.2 Å². The van der Waals surface area contributed by atoms with E-state index in [2.05, 4.69) is 5.32 Å². The fourth-order valence-electron chi connectivity index (χ4n) is 1.90. The van der Waals surface area contributed by atoms with Crippen LogP contribution in [0.3, 0.4) is 0 Å². The number of hydrogen-bond donors (Lipinski definition) is 3. The van der Waals surface area contributed by atoms with Gasteiger partial charge in [0.25, 0.3) is 0 Å². The monoisotopic (exact) mass is 272 g/mol. The highest BCUT2D eigenvalue weighted by atomic mass is 35.5. The van der Waals surface area contributed by atoms with E-state index in [1.807, 2.05) is 19.0 Å². The molecule has 18 heavy (non-hydrogen) atoms. The average Bonchev–Trinajstić information content (AvgIpc) is 2.21. The van der Waals surface area contributed by atoms with Gasteiger partial charge in [0, 0.05) is 30.2 Å². The van der Waals surface area contributed by atoms with E-state index in [0.29, 0.717) is 24.7 Å². The lowest BCUT2D eigenvalue weighted by atomic mass is 10.1. The minimum Gasteiger partial charge on any atom is -0.508 e. The minimum absolute atomic E-state index is 0.208. The highest BCUT2D eigenvalue weighted by Gasteiger charge is 2.20. The smallest absolute Gasteiger partial charge is 0.120 e. The van der Waals surface area contributed by atoms with Crippen LogP contribution in [0.1, 0.15) is 12.5 Å². The summed E-state index contributed by atoms with van der Waals surface area (Å²) in [4.78, 5) is 1.93. The molecule has 3 N–H and O–H groups in total. The van der Waals surface area contributed by atoms with Crippen LogP contribution in [0, 0.1) is 0 Å². The van der Waals surface area contributed by atoms with Crippen LogP contribution in [-0.2, 0) is 6.54 Å². The van der Waals surface area contributed by atoms with Crippen LogP contribution >= 0.6 is 11.6 Å². The largest absolute Gasteiger partial charge is 0.508 e.